The van der Waals surface area contributed by atoms with Crippen LogP contribution in [0.4, 0.5) is 20.6 Å². The van der Waals surface area contributed by atoms with Crippen LogP contribution >= 0.6 is 11.6 Å². The summed E-state index contributed by atoms with van der Waals surface area (Å²) in [6, 6.07) is 15.6. The Morgan fingerprint density at radius 1 is 0.944 bits per heavy atom. The summed E-state index contributed by atoms with van der Waals surface area (Å²) in [5.41, 5.74) is 2.66. The quantitative estimate of drug-likeness (QED) is 0.180. The van der Waals surface area contributed by atoms with Crippen molar-refractivity contribution in [2.24, 2.45) is 0 Å². The molecule has 188 valence electrons. The van der Waals surface area contributed by atoms with Crippen molar-refractivity contribution in [3.8, 4) is 0 Å². The molecule has 0 aliphatic carbocycles. The number of halogens is 2. The molecule has 1 atom stereocenters. The number of ketones is 1. The van der Waals surface area contributed by atoms with E-state index in [9.17, 15) is 18.8 Å². The maximum atomic E-state index is 13.8. The minimum Gasteiger partial charge on any atom is -0.425 e. The van der Waals surface area contributed by atoms with Crippen LogP contribution in [-0.2, 0) is 14.3 Å². The molecule has 36 heavy (non-hydrogen) atoms. The van der Waals surface area contributed by atoms with Crippen molar-refractivity contribution in [3.05, 3.63) is 93.8 Å². The molecule has 0 aromatic heterocycles. The molecular formula is C28H27ClFNO5. The van der Waals surface area contributed by atoms with E-state index in [4.69, 9.17) is 21.1 Å². The van der Waals surface area contributed by atoms with Gasteiger partial charge in [-0.3, -0.25) is 9.59 Å². The minimum absolute atomic E-state index is 0.126. The molecule has 3 rings (SSSR count). The van der Waals surface area contributed by atoms with Gasteiger partial charge in [-0.05, 0) is 67.8 Å². The average Bonchev–Trinajstić information content (AvgIpc) is 2.80. The van der Waals surface area contributed by atoms with Gasteiger partial charge in [0.05, 0.1) is 16.4 Å². The molecule has 3 aromatic carbocycles. The Labute approximate surface area is 214 Å². The first-order valence-corrected chi connectivity index (χ1v) is 11.9. The van der Waals surface area contributed by atoms with Gasteiger partial charge in [0.15, 0.2) is 5.78 Å². The van der Waals surface area contributed by atoms with Gasteiger partial charge in [0.1, 0.15) is 5.82 Å². The van der Waals surface area contributed by atoms with E-state index in [0.717, 1.165) is 5.56 Å². The van der Waals surface area contributed by atoms with Gasteiger partial charge in [0, 0.05) is 24.5 Å². The lowest BCUT2D eigenvalue weighted by Crippen LogP contribution is -2.32. The molecule has 0 radical (unpaired) electrons. The monoisotopic (exact) mass is 511 g/mol. The maximum Gasteiger partial charge on any atom is 0.422 e. The highest BCUT2D eigenvalue weighted by atomic mass is 35.5. The van der Waals surface area contributed by atoms with Crippen LogP contribution in [0.5, 0.6) is 0 Å². The highest BCUT2D eigenvalue weighted by Gasteiger charge is 2.26. The molecule has 1 amide bonds. The molecule has 0 saturated heterocycles. The number of rotatable bonds is 8. The molecule has 0 aliphatic heterocycles. The van der Waals surface area contributed by atoms with Gasteiger partial charge in [-0.15, -0.1) is 0 Å². The first-order chi connectivity index (χ1) is 17.1. The number of ether oxygens (including phenoxy) is 2. The summed E-state index contributed by atoms with van der Waals surface area (Å²) in [6.45, 7) is 6.73. The minimum atomic E-state index is -1.16. The van der Waals surface area contributed by atoms with E-state index in [1.807, 2.05) is 26.0 Å². The van der Waals surface area contributed by atoms with E-state index in [1.54, 1.807) is 25.1 Å². The number of nitrogens with zero attached hydrogens (tertiary/aromatic N) is 1. The van der Waals surface area contributed by atoms with Gasteiger partial charge in [-0.2, -0.15) is 0 Å². The van der Waals surface area contributed by atoms with Crippen LogP contribution in [0.2, 0.25) is 5.02 Å². The lowest BCUT2D eigenvalue weighted by molar-refractivity contribution is -0.164. The summed E-state index contributed by atoms with van der Waals surface area (Å²) in [5.74, 6) is -1.22. The van der Waals surface area contributed by atoms with Gasteiger partial charge in [-0.25, -0.2) is 14.1 Å². The van der Waals surface area contributed by atoms with Gasteiger partial charge in [0.2, 0.25) is 6.29 Å². The number of benzene rings is 3. The number of anilines is 2. The second-order valence-electron chi connectivity index (χ2n) is 8.27. The highest BCUT2D eigenvalue weighted by molar-refractivity contribution is 6.35. The number of aryl methyl sites for hydroxylation is 2. The molecule has 0 fully saturated rings. The summed E-state index contributed by atoms with van der Waals surface area (Å²) in [5, 5.41) is 0.126. The SMILES string of the molecule is CCCC(=O)OC(C)OC(=O)N(c1ccc(C(=O)c2ccccc2C)c(Cl)c1)c1ccc(F)cc1C. The molecular weight excluding hydrogens is 485 g/mol. The van der Waals surface area contributed by atoms with E-state index in [2.05, 4.69) is 0 Å². The van der Waals surface area contributed by atoms with E-state index in [1.165, 1.54) is 42.2 Å². The molecule has 6 nitrogen and oxygen atoms in total. The van der Waals surface area contributed by atoms with E-state index < -0.39 is 24.2 Å². The number of amides is 1. The fourth-order valence-electron chi connectivity index (χ4n) is 3.68. The maximum absolute atomic E-state index is 13.8. The number of carbonyl (C=O) groups is 3. The van der Waals surface area contributed by atoms with Crippen molar-refractivity contribution < 1.29 is 28.2 Å². The van der Waals surface area contributed by atoms with Gasteiger partial charge < -0.3 is 9.47 Å². The summed E-state index contributed by atoms with van der Waals surface area (Å²) in [4.78, 5) is 39.3. The summed E-state index contributed by atoms with van der Waals surface area (Å²) >= 11 is 6.51. The Hall–Kier alpha value is -3.71. The summed E-state index contributed by atoms with van der Waals surface area (Å²) in [7, 11) is 0. The van der Waals surface area contributed by atoms with Crippen LogP contribution in [0.3, 0.4) is 0 Å². The zero-order valence-corrected chi connectivity index (χ0v) is 21.3. The second-order valence-corrected chi connectivity index (χ2v) is 8.67. The predicted molar refractivity (Wildman–Crippen MR) is 136 cm³/mol. The molecule has 0 saturated carbocycles. The third-order valence-corrected chi connectivity index (χ3v) is 5.76. The summed E-state index contributed by atoms with van der Waals surface area (Å²) in [6.07, 6.45) is -1.24. The van der Waals surface area contributed by atoms with Crippen LogP contribution in [0.1, 0.15) is 53.7 Å². The number of esters is 1. The second kappa shape index (κ2) is 11.8. The Balaban J connectivity index is 1.98. The Morgan fingerprint density at radius 3 is 2.31 bits per heavy atom. The zero-order chi connectivity index (χ0) is 26.4. The molecule has 0 spiro atoms. The van der Waals surface area contributed by atoms with Crippen molar-refractivity contribution in [1.82, 2.24) is 0 Å². The van der Waals surface area contributed by atoms with Crippen LogP contribution in [-0.4, -0.2) is 24.1 Å². The smallest absolute Gasteiger partial charge is 0.422 e. The normalized spacial score (nSPS) is 11.5. The van der Waals surface area contributed by atoms with Crippen molar-refractivity contribution >= 4 is 40.8 Å². The van der Waals surface area contributed by atoms with Crippen molar-refractivity contribution in [3.63, 3.8) is 0 Å². The molecule has 0 bridgehead atoms. The molecule has 0 heterocycles. The van der Waals surface area contributed by atoms with Gasteiger partial charge in [-0.1, -0.05) is 42.8 Å². The third-order valence-electron chi connectivity index (χ3n) is 5.45. The van der Waals surface area contributed by atoms with Gasteiger partial charge >= 0.3 is 12.1 Å². The van der Waals surface area contributed by atoms with Crippen LogP contribution in [0, 0.1) is 19.7 Å². The van der Waals surface area contributed by atoms with E-state index >= 15 is 0 Å². The van der Waals surface area contributed by atoms with E-state index in [-0.39, 0.29) is 28.5 Å². The number of hydrogen-bond donors (Lipinski definition) is 0. The Kier molecular flexibility index (Phi) is 8.83. The van der Waals surface area contributed by atoms with Gasteiger partial charge in [0.25, 0.3) is 0 Å². The number of hydrogen-bond acceptors (Lipinski definition) is 5. The zero-order valence-electron chi connectivity index (χ0n) is 20.5. The van der Waals surface area contributed by atoms with Crippen molar-refractivity contribution in [2.75, 3.05) is 4.90 Å². The first kappa shape index (κ1) is 26.9. The molecule has 0 N–H and O–H groups in total. The Morgan fingerprint density at radius 2 is 1.67 bits per heavy atom. The fraction of sp³-hybridized carbons (Fsp3) is 0.250. The van der Waals surface area contributed by atoms with Crippen LogP contribution in [0.15, 0.2) is 60.7 Å². The fourth-order valence-corrected chi connectivity index (χ4v) is 3.94. The molecule has 1 unspecified atom stereocenters. The predicted octanol–water partition coefficient (Wildman–Crippen LogP) is 7.29. The first-order valence-electron chi connectivity index (χ1n) is 11.5. The topological polar surface area (TPSA) is 72.9 Å². The van der Waals surface area contributed by atoms with E-state index in [0.29, 0.717) is 23.2 Å². The molecule has 0 aliphatic rings. The number of carbonyl (C=O) groups excluding carboxylic acids is 3. The van der Waals surface area contributed by atoms with Crippen LogP contribution < -0.4 is 4.90 Å². The highest BCUT2D eigenvalue weighted by Crippen LogP contribution is 2.34. The average molecular weight is 512 g/mol. The lowest BCUT2D eigenvalue weighted by atomic mass is 9.99. The van der Waals surface area contributed by atoms with Crippen LogP contribution in [0.25, 0.3) is 0 Å². The van der Waals surface area contributed by atoms with Crippen molar-refractivity contribution in [1.29, 1.82) is 0 Å². The standard InChI is InChI=1S/C28H27ClFNO5/c1-5-8-26(32)35-19(4)36-28(34)31(25-14-11-20(30)15-18(25)3)21-12-13-23(24(29)16-21)27(33)22-10-7-6-9-17(22)2/h6-7,9-16,19H,5,8H2,1-4H3. The largest absolute Gasteiger partial charge is 0.425 e. The lowest BCUT2D eigenvalue weighted by Gasteiger charge is -2.26. The third kappa shape index (κ3) is 6.29. The molecule has 3 aromatic rings. The summed E-state index contributed by atoms with van der Waals surface area (Å²) < 4.78 is 24.3. The van der Waals surface area contributed by atoms with Crippen molar-refractivity contribution in [2.45, 2.75) is 46.8 Å². The molecule has 8 heteroatoms. The Bertz CT molecular complexity index is 1290.